The molecule has 2 saturated heterocycles. The van der Waals surface area contributed by atoms with Crippen LogP contribution in [0.25, 0.3) is 0 Å². The Bertz CT molecular complexity index is 2800. The van der Waals surface area contributed by atoms with Crippen molar-refractivity contribution in [3.63, 3.8) is 0 Å². The molecule has 0 aromatic heterocycles. The molecule has 5 atom stereocenters. The molecular formula is C60H78N8O13. The van der Waals surface area contributed by atoms with E-state index in [9.17, 15) is 52.7 Å². The number of nitrogens with one attached hydrogen (secondary N) is 4. The summed E-state index contributed by atoms with van der Waals surface area (Å²) in [6, 6.07) is 16.2. The first-order valence-corrected chi connectivity index (χ1v) is 27.5. The molecular weight excluding hydrogens is 1040 g/mol. The Morgan fingerprint density at radius 1 is 0.753 bits per heavy atom. The molecule has 81 heavy (non-hydrogen) atoms. The normalized spacial score (nSPS) is 16.2. The summed E-state index contributed by atoms with van der Waals surface area (Å²) in [5.74, 6) is -6.56. The third-order valence-electron chi connectivity index (χ3n) is 14.2. The number of hydrogen-bond acceptors (Lipinski definition) is 13. The molecule has 2 aliphatic rings. The van der Waals surface area contributed by atoms with E-state index in [1.54, 1.807) is 97.9 Å². The Morgan fingerprint density at radius 2 is 1.38 bits per heavy atom. The van der Waals surface area contributed by atoms with Gasteiger partial charge in [-0.2, -0.15) is 0 Å². The fourth-order valence-corrected chi connectivity index (χ4v) is 9.66. The molecule has 0 unspecified atom stereocenters. The minimum atomic E-state index is -1.37. The number of likely N-dealkylation sites (N-methyl/N-ethyl adjacent to an activating group) is 2. The van der Waals surface area contributed by atoms with Gasteiger partial charge in [0.2, 0.25) is 47.1 Å². The lowest BCUT2D eigenvalue weighted by Crippen LogP contribution is -2.58. The lowest BCUT2D eigenvalue weighted by molar-refractivity contribution is -0.162. The molecule has 0 radical (unpaired) electrons. The van der Waals surface area contributed by atoms with Gasteiger partial charge >= 0.3 is 11.9 Å². The molecule has 4 N–H and O–H groups in total. The van der Waals surface area contributed by atoms with Gasteiger partial charge < -0.3 is 50.3 Å². The SMILES string of the molecule is C=CC(=O)OCC(C)(C)C(=O)C(=O)N1CCCC[C@H]1C(=O)OCc1cccc(NC(=O)CCC(=O)N[C@H](C(=O)N[C@@H](Cc2cccc(NC(C)=O)c2)C(=O)N2CCC[C@@H]2C(=O)N(C)[C@@H](CC(C)C)C(=O)N(C)CC)c2ccccc2)c1. The van der Waals surface area contributed by atoms with Crippen LogP contribution >= 0.6 is 0 Å². The van der Waals surface area contributed by atoms with Crippen LogP contribution in [0.5, 0.6) is 0 Å². The van der Waals surface area contributed by atoms with Gasteiger partial charge in [-0.3, -0.25) is 43.2 Å². The van der Waals surface area contributed by atoms with Crippen LogP contribution in [0.2, 0.25) is 0 Å². The molecule has 8 amide bonds. The van der Waals surface area contributed by atoms with Crippen LogP contribution in [-0.2, 0) is 75.2 Å². The van der Waals surface area contributed by atoms with E-state index in [1.807, 2.05) is 20.8 Å². The van der Waals surface area contributed by atoms with Crippen molar-refractivity contribution in [1.82, 2.24) is 30.2 Å². The highest BCUT2D eigenvalue weighted by Gasteiger charge is 2.44. The number of carbonyl (C=O) groups excluding carboxylic acids is 11. The molecule has 436 valence electrons. The van der Waals surface area contributed by atoms with E-state index in [0.29, 0.717) is 66.7 Å². The number of anilines is 2. The van der Waals surface area contributed by atoms with Crippen LogP contribution in [0.4, 0.5) is 11.4 Å². The van der Waals surface area contributed by atoms with Crippen molar-refractivity contribution >= 4 is 76.4 Å². The maximum atomic E-state index is 14.9. The van der Waals surface area contributed by atoms with Crippen molar-refractivity contribution in [2.45, 2.75) is 136 Å². The Morgan fingerprint density at radius 3 is 2.04 bits per heavy atom. The van der Waals surface area contributed by atoms with E-state index in [0.717, 1.165) is 6.08 Å². The van der Waals surface area contributed by atoms with Crippen LogP contribution in [0.15, 0.2) is 91.5 Å². The summed E-state index contributed by atoms with van der Waals surface area (Å²) in [7, 11) is 3.25. The maximum absolute atomic E-state index is 14.9. The third kappa shape index (κ3) is 18.1. The van der Waals surface area contributed by atoms with Gasteiger partial charge in [-0.05, 0) is 106 Å². The first-order valence-electron chi connectivity index (χ1n) is 27.5. The molecule has 21 nitrogen and oxygen atoms in total. The highest BCUT2D eigenvalue weighted by atomic mass is 16.5. The number of nitrogens with zero attached hydrogens (tertiary/aromatic N) is 4. The standard InChI is InChI=1S/C60H78N8O13/c1-10-51(72)81-37-60(6,7)53(73)58(78)68-30-16-15-26-47(68)59(79)80-36-41-21-18-25-44(34-41)62-49(70)28-29-50(71)64-52(42-22-13-12-14-23-42)54(74)63-45(35-40-20-17-24-43(33-40)61-39(5)69)55(75)67-31-19-27-46(67)57(77)66(9)48(32-38(3)4)56(76)65(8)11-2/h10,12-14,17-18,20-25,33-34,38,45-48,52H,1,11,15-16,19,26-32,35-37H2,2-9H3,(H,61,69)(H,62,70)(H,63,74)(H,64,71)/t45-,46+,47-,48-,52-/m0/s1. The third-order valence-corrected chi connectivity index (χ3v) is 14.2. The second-order valence-electron chi connectivity index (χ2n) is 21.6. The van der Waals surface area contributed by atoms with E-state index in [-0.39, 0.29) is 69.7 Å². The van der Waals surface area contributed by atoms with Gasteiger partial charge in [0.1, 0.15) is 43.4 Å². The minimum Gasteiger partial charge on any atom is -0.461 e. The van der Waals surface area contributed by atoms with E-state index in [1.165, 1.54) is 35.5 Å². The van der Waals surface area contributed by atoms with Crippen molar-refractivity contribution in [2.24, 2.45) is 11.3 Å². The van der Waals surface area contributed by atoms with E-state index >= 15 is 0 Å². The summed E-state index contributed by atoms with van der Waals surface area (Å²) in [5.41, 5.74) is 0.860. The molecule has 0 saturated carbocycles. The second kappa shape index (κ2) is 29.8. The van der Waals surface area contributed by atoms with Crippen LogP contribution in [0, 0.1) is 11.3 Å². The van der Waals surface area contributed by atoms with Crippen molar-refractivity contribution in [3.05, 3.63) is 108 Å². The molecule has 21 heteroatoms. The Labute approximate surface area is 473 Å². The van der Waals surface area contributed by atoms with Gasteiger partial charge in [0.15, 0.2) is 0 Å². The summed E-state index contributed by atoms with van der Waals surface area (Å²) in [6.45, 7) is 13.6. The molecule has 0 bridgehead atoms. The number of likely N-dealkylation sites (tertiary alicyclic amines) is 2. The molecule has 0 spiro atoms. The van der Waals surface area contributed by atoms with Crippen LogP contribution < -0.4 is 21.3 Å². The summed E-state index contributed by atoms with van der Waals surface area (Å²) < 4.78 is 10.6. The quantitative estimate of drug-likeness (QED) is 0.0467. The average Bonchev–Trinajstić information content (AvgIpc) is 3.95. The van der Waals surface area contributed by atoms with Crippen LogP contribution in [0.3, 0.4) is 0 Å². The summed E-state index contributed by atoms with van der Waals surface area (Å²) in [5, 5.41) is 11.1. The fourth-order valence-electron chi connectivity index (χ4n) is 9.66. The topological polar surface area (TPSA) is 267 Å². The Hall–Kier alpha value is -8.23. The van der Waals surface area contributed by atoms with E-state index in [2.05, 4.69) is 27.8 Å². The number of piperidine rings is 1. The minimum absolute atomic E-state index is 0.0691. The molecule has 2 aliphatic heterocycles. The monoisotopic (exact) mass is 1120 g/mol. The van der Waals surface area contributed by atoms with Crippen LogP contribution in [-0.4, -0.2) is 149 Å². The van der Waals surface area contributed by atoms with Crippen molar-refractivity contribution < 1.29 is 62.2 Å². The maximum Gasteiger partial charge on any atom is 0.330 e. The predicted molar refractivity (Wildman–Crippen MR) is 301 cm³/mol. The number of ether oxygens (including phenoxy) is 2. The average molecular weight is 1120 g/mol. The number of hydrogen-bond donors (Lipinski definition) is 4. The molecule has 3 aromatic rings. The van der Waals surface area contributed by atoms with Crippen molar-refractivity contribution in [3.8, 4) is 0 Å². The fraction of sp³-hybridized carbons (Fsp3) is 0.483. The lowest BCUT2D eigenvalue weighted by Gasteiger charge is -2.36. The van der Waals surface area contributed by atoms with Gasteiger partial charge in [0.05, 0.1) is 5.41 Å². The first kappa shape index (κ1) is 63.6. The number of esters is 2. The second-order valence-corrected chi connectivity index (χ2v) is 21.6. The van der Waals surface area contributed by atoms with Gasteiger partial charge in [-0.1, -0.05) is 75.0 Å². The number of rotatable bonds is 26. The number of benzene rings is 3. The Balaban J connectivity index is 1.26. The smallest absolute Gasteiger partial charge is 0.330 e. The molecule has 3 aromatic carbocycles. The lowest BCUT2D eigenvalue weighted by atomic mass is 9.87. The summed E-state index contributed by atoms with van der Waals surface area (Å²) >= 11 is 0. The molecule has 0 aliphatic carbocycles. The molecule has 2 fully saturated rings. The number of carbonyl (C=O) groups is 11. The van der Waals surface area contributed by atoms with Gasteiger partial charge in [0, 0.05) is 77.4 Å². The van der Waals surface area contributed by atoms with E-state index < -0.39 is 88.8 Å². The van der Waals surface area contributed by atoms with Gasteiger partial charge in [0.25, 0.3) is 5.91 Å². The highest BCUT2D eigenvalue weighted by molar-refractivity contribution is 6.38. The number of ketones is 1. The van der Waals surface area contributed by atoms with Crippen molar-refractivity contribution in [1.29, 1.82) is 0 Å². The van der Waals surface area contributed by atoms with E-state index in [4.69, 9.17) is 9.47 Å². The predicted octanol–water partition coefficient (Wildman–Crippen LogP) is 5.04. The summed E-state index contributed by atoms with van der Waals surface area (Å²) in [4.78, 5) is 154. The van der Waals surface area contributed by atoms with Gasteiger partial charge in [-0.15, -0.1) is 0 Å². The van der Waals surface area contributed by atoms with Crippen molar-refractivity contribution in [2.75, 3.05) is 51.0 Å². The number of Topliss-reactive ketones (excluding diaryl/α,β-unsaturated/α-hetero) is 1. The number of amides is 8. The zero-order valence-electron chi connectivity index (χ0n) is 47.7. The zero-order valence-corrected chi connectivity index (χ0v) is 47.7. The highest BCUT2D eigenvalue weighted by Crippen LogP contribution is 2.27. The van der Waals surface area contributed by atoms with Crippen LogP contribution in [0.1, 0.15) is 116 Å². The largest absolute Gasteiger partial charge is 0.461 e. The summed E-state index contributed by atoms with van der Waals surface area (Å²) in [6.07, 6.45) is 2.88. The molecule has 2 heterocycles. The zero-order chi connectivity index (χ0) is 59.6. The Kier molecular flexibility index (Phi) is 23.4. The van der Waals surface area contributed by atoms with Gasteiger partial charge in [-0.25, -0.2) is 9.59 Å². The molecule has 5 rings (SSSR count). The first-order chi connectivity index (χ1) is 38.4.